The minimum atomic E-state index is -4.50. The molecule has 0 atom stereocenters. The Balaban J connectivity index is 3.13. The fourth-order valence-corrected chi connectivity index (χ4v) is 1.76. The molecule has 3 nitrogen and oxygen atoms in total. The standard InChI is InChI=1S/C13H18F3N3/c1-3-4-7-19(2)9-5-6-11(13(14,15)16)10(8-9)12(17)18/h5-6,8H,3-4,7H2,1-2H3,(H3,17,18). The van der Waals surface area contributed by atoms with Gasteiger partial charge in [-0.2, -0.15) is 13.2 Å². The SMILES string of the molecule is CCCCN(C)c1ccc(C(F)(F)F)c(C(=N)N)c1. The predicted molar refractivity (Wildman–Crippen MR) is 70.6 cm³/mol. The lowest BCUT2D eigenvalue weighted by Crippen LogP contribution is -2.22. The summed E-state index contributed by atoms with van der Waals surface area (Å²) in [4.78, 5) is 1.86. The third kappa shape index (κ3) is 3.87. The van der Waals surface area contributed by atoms with Crippen LogP contribution in [-0.2, 0) is 6.18 Å². The van der Waals surface area contributed by atoms with Gasteiger partial charge in [-0.1, -0.05) is 13.3 Å². The Morgan fingerprint density at radius 3 is 2.47 bits per heavy atom. The van der Waals surface area contributed by atoms with Gasteiger partial charge in [0.1, 0.15) is 5.84 Å². The van der Waals surface area contributed by atoms with Crippen molar-refractivity contribution in [3.63, 3.8) is 0 Å². The molecule has 19 heavy (non-hydrogen) atoms. The molecule has 0 amide bonds. The minimum absolute atomic E-state index is 0.270. The number of anilines is 1. The molecule has 0 unspecified atom stereocenters. The van der Waals surface area contributed by atoms with Crippen LogP contribution in [-0.4, -0.2) is 19.4 Å². The van der Waals surface area contributed by atoms with Crippen molar-refractivity contribution >= 4 is 11.5 Å². The van der Waals surface area contributed by atoms with Crippen LogP contribution < -0.4 is 10.6 Å². The lowest BCUT2D eigenvalue weighted by molar-refractivity contribution is -0.137. The molecule has 1 aromatic rings. The second-order valence-corrected chi connectivity index (χ2v) is 4.42. The Labute approximate surface area is 110 Å². The quantitative estimate of drug-likeness (QED) is 0.639. The summed E-state index contributed by atoms with van der Waals surface area (Å²) in [5.74, 6) is -0.571. The molecule has 0 fully saturated rings. The lowest BCUT2D eigenvalue weighted by atomic mass is 10.0. The van der Waals surface area contributed by atoms with E-state index in [1.54, 1.807) is 0 Å². The highest BCUT2D eigenvalue weighted by Gasteiger charge is 2.34. The zero-order chi connectivity index (χ0) is 14.6. The third-order valence-electron chi connectivity index (χ3n) is 2.89. The number of halogens is 3. The van der Waals surface area contributed by atoms with E-state index in [0.717, 1.165) is 25.5 Å². The number of amidine groups is 1. The molecule has 0 saturated heterocycles. The summed E-state index contributed by atoms with van der Waals surface area (Å²) < 4.78 is 38.3. The molecular weight excluding hydrogens is 255 g/mol. The zero-order valence-corrected chi connectivity index (χ0v) is 11.0. The Bertz CT molecular complexity index is 455. The van der Waals surface area contributed by atoms with Crippen molar-refractivity contribution in [1.82, 2.24) is 0 Å². The van der Waals surface area contributed by atoms with Gasteiger partial charge in [0, 0.05) is 24.8 Å². The zero-order valence-electron chi connectivity index (χ0n) is 11.0. The summed E-state index contributed by atoms with van der Waals surface area (Å²) in [7, 11) is 1.81. The van der Waals surface area contributed by atoms with Crippen LogP contribution in [0.3, 0.4) is 0 Å². The number of hydrogen-bond donors (Lipinski definition) is 2. The van der Waals surface area contributed by atoms with Crippen LogP contribution >= 0.6 is 0 Å². The van der Waals surface area contributed by atoms with E-state index in [0.29, 0.717) is 5.69 Å². The van der Waals surface area contributed by atoms with Crippen LogP contribution in [0.2, 0.25) is 0 Å². The molecule has 0 bridgehead atoms. The monoisotopic (exact) mass is 273 g/mol. The second-order valence-electron chi connectivity index (χ2n) is 4.42. The van der Waals surface area contributed by atoms with Crippen LogP contribution in [0.5, 0.6) is 0 Å². The normalized spacial score (nSPS) is 11.4. The van der Waals surface area contributed by atoms with Crippen LogP contribution in [0, 0.1) is 5.41 Å². The first-order chi connectivity index (χ1) is 8.77. The number of alkyl halides is 3. The van der Waals surface area contributed by atoms with E-state index in [-0.39, 0.29) is 5.56 Å². The van der Waals surface area contributed by atoms with Crippen molar-refractivity contribution in [2.45, 2.75) is 25.9 Å². The minimum Gasteiger partial charge on any atom is -0.384 e. The number of nitrogens with one attached hydrogen (secondary N) is 1. The van der Waals surface area contributed by atoms with Gasteiger partial charge in [-0.25, -0.2) is 0 Å². The summed E-state index contributed by atoms with van der Waals surface area (Å²) in [6, 6.07) is 3.71. The van der Waals surface area contributed by atoms with E-state index in [1.807, 2.05) is 18.9 Å². The number of rotatable bonds is 5. The smallest absolute Gasteiger partial charge is 0.384 e. The maximum atomic E-state index is 12.8. The van der Waals surface area contributed by atoms with Gasteiger partial charge in [-0.05, 0) is 24.6 Å². The van der Waals surface area contributed by atoms with Gasteiger partial charge in [0.15, 0.2) is 0 Å². The second kappa shape index (κ2) is 5.95. The summed E-state index contributed by atoms with van der Waals surface area (Å²) in [6.45, 7) is 2.79. The molecule has 0 saturated carbocycles. The molecule has 0 radical (unpaired) electrons. The number of nitrogen functional groups attached to an aromatic ring is 1. The first kappa shape index (κ1) is 15.3. The molecule has 6 heteroatoms. The van der Waals surface area contributed by atoms with E-state index in [9.17, 15) is 13.2 Å². The van der Waals surface area contributed by atoms with E-state index in [1.165, 1.54) is 12.1 Å². The van der Waals surface area contributed by atoms with Crippen LogP contribution in [0.15, 0.2) is 18.2 Å². The van der Waals surface area contributed by atoms with Gasteiger partial charge < -0.3 is 10.6 Å². The highest BCUT2D eigenvalue weighted by molar-refractivity contribution is 5.97. The van der Waals surface area contributed by atoms with Crippen molar-refractivity contribution in [2.75, 3.05) is 18.5 Å². The molecule has 0 aliphatic heterocycles. The largest absolute Gasteiger partial charge is 0.417 e. The predicted octanol–water partition coefficient (Wildman–Crippen LogP) is 3.23. The van der Waals surface area contributed by atoms with Gasteiger partial charge in [0.05, 0.1) is 5.56 Å². The van der Waals surface area contributed by atoms with Crippen molar-refractivity contribution < 1.29 is 13.2 Å². The number of unbranched alkanes of at least 4 members (excludes halogenated alkanes) is 1. The number of nitrogens with two attached hydrogens (primary N) is 1. The van der Waals surface area contributed by atoms with E-state index in [4.69, 9.17) is 11.1 Å². The molecule has 0 spiro atoms. The number of benzene rings is 1. The van der Waals surface area contributed by atoms with Crippen molar-refractivity contribution in [1.29, 1.82) is 5.41 Å². The van der Waals surface area contributed by atoms with Gasteiger partial charge in [-0.15, -0.1) is 0 Å². The Hall–Kier alpha value is -1.72. The summed E-state index contributed by atoms with van der Waals surface area (Å²) in [5, 5.41) is 7.29. The van der Waals surface area contributed by atoms with Crippen molar-refractivity contribution in [3.05, 3.63) is 29.3 Å². The summed E-state index contributed by atoms with van der Waals surface area (Å²) in [5.41, 5.74) is 4.74. The van der Waals surface area contributed by atoms with Crippen LogP contribution in [0.1, 0.15) is 30.9 Å². The van der Waals surface area contributed by atoms with E-state index in [2.05, 4.69) is 0 Å². The average Bonchev–Trinajstić information content (AvgIpc) is 2.34. The molecule has 3 N–H and O–H groups in total. The number of nitrogens with zero attached hydrogens (tertiary/aromatic N) is 1. The van der Waals surface area contributed by atoms with Gasteiger partial charge in [0.2, 0.25) is 0 Å². The highest BCUT2D eigenvalue weighted by atomic mass is 19.4. The molecule has 1 rings (SSSR count). The Kier molecular flexibility index (Phi) is 4.80. The van der Waals surface area contributed by atoms with E-state index >= 15 is 0 Å². The summed E-state index contributed by atoms with van der Waals surface area (Å²) in [6.07, 6.45) is -2.54. The average molecular weight is 273 g/mol. The molecule has 0 aromatic heterocycles. The van der Waals surface area contributed by atoms with Crippen molar-refractivity contribution in [3.8, 4) is 0 Å². The number of hydrogen-bond acceptors (Lipinski definition) is 2. The van der Waals surface area contributed by atoms with Crippen molar-refractivity contribution in [2.24, 2.45) is 5.73 Å². The maximum Gasteiger partial charge on any atom is 0.417 e. The van der Waals surface area contributed by atoms with Gasteiger partial charge in [0.25, 0.3) is 0 Å². The Morgan fingerprint density at radius 2 is 2.00 bits per heavy atom. The fraction of sp³-hybridized carbons (Fsp3) is 0.462. The molecular formula is C13H18F3N3. The first-order valence-corrected chi connectivity index (χ1v) is 6.04. The molecule has 0 aliphatic rings. The maximum absolute atomic E-state index is 12.8. The fourth-order valence-electron chi connectivity index (χ4n) is 1.76. The van der Waals surface area contributed by atoms with Gasteiger partial charge >= 0.3 is 6.18 Å². The topological polar surface area (TPSA) is 53.1 Å². The summed E-state index contributed by atoms with van der Waals surface area (Å²) >= 11 is 0. The van der Waals surface area contributed by atoms with E-state index < -0.39 is 17.6 Å². The molecule has 106 valence electrons. The molecule has 0 heterocycles. The first-order valence-electron chi connectivity index (χ1n) is 6.04. The third-order valence-corrected chi connectivity index (χ3v) is 2.89. The Morgan fingerprint density at radius 1 is 1.37 bits per heavy atom. The van der Waals surface area contributed by atoms with Crippen LogP contribution in [0.25, 0.3) is 0 Å². The van der Waals surface area contributed by atoms with Gasteiger partial charge in [-0.3, -0.25) is 5.41 Å². The lowest BCUT2D eigenvalue weighted by Gasteiger charge is -2.21. The van der Waals surface area contributed by atoms with Crippen LogP contribution in [0.4, 0.5) is 18.9 Å². The molecule has 0 aliphatic carbocycles. The highest BCUT2D eigenvalue weighted by Crippen LogP contribution is 2.33. The molecule has 1 aromatic carbocycles.